The first-order valence-corrected chi connectivity index (χ1v) is 10.6. The SMILES string of the molecule is CCCNCc1csc(S(=O)(=O)NCCCCSC)c1. The molecule has 20 heavy (non-hydrogen) atoms. The molecule has 0 atom stereocenters. The minimum atomic E-state index is -3.32. The number of hydrogen-bond donors (Lipinski definition) is 2. The van der Waals surface area contributed by atoms with Gasteiger partial charge in [-0.15, -0.1) is 11.3 Å². The van der Waals surface area contributed by atoms with Gasteiger partial charge in [0.25, 0.3) is 0 Å². The number of rotatable bonds is 11. The van der Waals surface area contributed by atoms with Gasteiger partial charge in [-0.3, -0.25) is 0 Å². The number of thiophene rings is 1. The maximum absolute atomic E-state index is 12.1. The predicted octanol–water partition coefficient (Wildman–Crippen LogP) is 2.67. The minimum absolute atomic E-state index is 0.413. The largest absolute Gasteiger partial charge is 0.313 e. The van der Waals surface area contributed by atoms with Crippen LogP contribution in [-0.2, 0) is 16.6 Å². The zero-order valence-electron chi connectivity index (χ0n) is 12.1. The number of sulfonamides is 1. The first kappa shape index (κ1) is 18.0. The van der Waals surface area contributed by atoms with Gasteiger partial charge in [-0.05, 0) is 54.8 Å². The Bertz CT molecular complexity index is 472. The van der Waals surface area contributed by atoms with Crippen LogP contribution in [-0.4, -0.2) is 33.5 Å². The highest BCUT2D eigenvalue weighted by Gasteiger charge is 2.15. The number of thioether (sulfide) groups is 1. The minimum Gasteiger partial charge on any atom is -0.313 e. The molecule has 0 aliphatic rings. The average Bonchev–Trinajstić information content (AvgIpc) is 2.88. The van der Waals surface area contributed by atoms with Crippen LogP contribution in [0.3, 0.4) is 0 Å². The fraction of sp³-hybridized carbons (Fsp3) is 0.692. The molecule has 0 saturated heterocycles. The Balaban J connectivity index is 2.42. The van der Waals surface area contributed by atoms with Crippen molar-refractivity contribution >= 4 is 33.1 Å². The van der Waals surface area contributed by atoms with Gasteiger partial charge in [0.1, 0.15) is 4.21 Å². The smallest absolute Gasteiger partial charge is 0.250 e. The summed E-state index contributed by atoms with van der Waals surface area (Å²) >= 11 is 3.07. The molecule has 0 aliphatic carbocycles. The second-order valence-corrected chi connectivity index (χ2v) is 8.44. The zero-order valence-corrected chi connectivity index (χ0v) is 14.6. The van der Waals surface area contributed by atoms with Crippen LogP contribution >= 0.6 is 23.1 Å². The molecule has 0 aliphatic heterocycles. The summed E-state index contributed by atoms with van der Waals surface area (Å²) in [4.78, 5) is 0. The van der Waals surface area contributed by atoms with Gasteiger partial charge < -0.3 is 5.32 Å². The van der Waals surface area contributed by atoms with E-state index < -0.39 is 10.0 Å². The lowest BCUT2D eigenvalue weighted by Gasteiger charge is -2.04. The van der Waals surface area contributed by atoms with Crippen LogP contribution in [0, 0.1) is 0 Å². The fourth-order valence-electron chi connectivity index (χ4n) is 1.65. The molecular formula is C13H24N2O2S3. The number of unbranched alkanes of at least 4 members (excludes halogenated alkanes) is 1. The van der Waals surface area contributed by atoms with Gasteiger partial charge in [0, 0.05) is 13.1 Å². The zero-order chi connectivity index (χ0) is 14.8. The molecule has 0 saturated carbocycles. The van der Waals surface area contributed by atoms with Crippen LogP contribution in [0.15, 0.2) is 15.7 Å². The van der Waals surface area contributed by atoms with Crippen LogP contribution in [0.4, 0.5) is 0 Å². The second-order valence-electron chi connectivity index (χ2n) is 4.55. The highest BCUT2D eigenvalue weighted by atomic mass is 32.2. The van der Waals surface area contributed by atoms with Gasteiger partial charge in [0.2, 0.25) is 10.0 Å². The van der Waals surface area contributed by atoms with Crippen molar-refractivity contribution in [3.05, 3.63) is 17.0 Å². The van der Waals surface area contributed by atoms with E-state index in [0.29, 0.717) is 10.8 Å². The molecule has 0 bridgehead atoms. The van der Waals surface area contributed by atoms with Gasteiger partial charge in [0.15, 0.2) is 0 Å². The van der Waals surface area contributed by atoms with Crippen molar-refractivity contribution in [1.29, 1.82) is 0 Å². The third kappa shape index (κ3) is 6.58. The van der Waals surface area contributed by atoms with E-state index in [-0.39, 0.29) is 0 Å². The van der Waals surface area contributed by atoms with E-state index in [2.05, 4.69) is 23.2 Å². The Hall–Kier alpha value is -0.0800. The summed E-state index contributed by atoms with van der Waals surface area (Å²) in [6.07, 6.45) is 5.06. The predicted molar refractivity (Wildman–Crippen MR) is 89.1 cm³/mol. The Morgan fingerprint density at radius 2 is 2.10 bits per heavy atom. The van der Waals surface area contributed by atoms with Crippen molar-refractivity contribution in [2.45, 2.75) is 36.9 Å². The fourth-order valence-corrected chi connectivity index (χ4v) is 4.47. The third-order valence-corrected chi connectivity index (χ3v) is 6.36. The summed E-state index contributed by atoms with van der Waals surface area (Å²) < 4.78 is 27.2. The molecule has 0 unspecified atom stereocenters. The average molecular weight is 337 g/mol. The van der Waals surface area contributed by atoms with Crippen molar-refractivity contribution in [1.82, 2.24) is 10.0 Å². The molecule has 1 rings (SSSR count). The summed E-state index contributed by atoms with van der Waals surface area (Å²) in [5, 5.41) is 5.18. The molecule has 116 valence electrons. The molecule has 1 aromatic heterocycles. The van der Waals surface area contributed by atoms with E-state index in [0.717, 1.165) is 43.7 Å². The van der Waals surface area contributed by atoms with Crippen LogP contribution in [0.1, 0.15) is 31.7 Å². The Labute approximate surface area is 130 Å². The van der Waals surface area contributed by atoms with E-state index in [1.807, 2.05) is 5.38 Å². The lowest BCUT2D eigenvalue weighted by molar-refractivity contribution is 0.580. The Morgan fingerprint density at radius 3 is 2.80 bits per heavy atom. The molecule has 2 N–H and O–H groups in total. The molecule has 1 heterocycles. The first-order valence-electron chi connectivity index (χ1n) is 6.87. The molecule has 7 heteroatoms. The highest BCUT2D eigenvalue weighted by Crippen LogP contribution is 2.20. The van der Waals surface area contributed by atoms with Gasteiger partial charge in [-0.2, -0.15) is 11.8 Å². The Morgan fingerprint density at radius 1 is 1.30 bits per heavy atom. The van der Waals surface area contributed by atoms with E-state index >= 15 is 0 Å². The van der Waals surface area contributed by atoms with Crippen molar-refractivity contribution in [2.24, 2.45) is 0 Å². The molecular weight excluding hydrogens is 312 g/mol. The standard InChI is InChI=1S/C13H24N2O2S3/c1-3-6-14-10-12-9-13(19-11-12)20(16,17)15-7-4-5-8-18-2/h9,11,14-15H,3-8,10H2,1-2H3. The van der Waals surface area contributed by atoms with Crippen LogP contribution < -0.4 is 10.0 Å². The van der Waals surface area contributed by atoms with E-state index in [1.54, 1.807) is 17.8 Å². The summed E-state index contributed by atoms with van der Waals surface area (Å²) in [6.45, 7) is 4.31. The van der Waals surface area contributed by atoms with Crippen LogP contribution in [0.25, 0.3) is 0 Å². The monoisotopic (exact) mass is 336 g/mol. The van der Waals surface area contributed by atoms with Gasteiger partial charge in [0.05, 0.1) is 0 Å². The topological polar surface area (TPSA) is 58.2 Å². The summed E-state index contributed by atoms with van der Waals surface area (Å²) in [5.74, 6) is 1.08. The molecule has 4 nitrogen and oxygen atoms in total. The van der Waals surface area contributed by atoms with Crippen molar-refractivity contribution in [2.75, 3.05) is 25.1 Å². The molecule has 0 radical (unpaired) electrons. The maximum Gasteiger partial charge on any atom is 0.250 e. The lowest BCUT2D eigenvalue weighted by Crippen LogP contribution is -2.24. The quantitative estimate of drug-likeness (QED) is 0.610. The normalized spacial score (nSPS) is 11.9. The first-order chi connectivity index (χ1) is 9.60. The van der Waals surface area contributed by atoms with Gasteiger partial charge in [-0.1, -0.05) is 6.92 Å². The Kier molecular flexibility index (Phi) is 8.79. The van der Waals surface area contributed by atoms with Crippen LogP contribution in [0.5, 0.6) is 0 Å². The van der Waals surface area contributed by atoms with Gasteiger partial charge >= 0.3 is 0 Å². The van der Waals surface area contributed by atoms with Crippen molar-refractivity contribution < 1.29 is 8.42 Å². The van der Waals surface area contributed by atoms with Crippen molar-refractivity contribution in [3.8, 4) is 0 Å². The highest BCUT2D eigenvalue weighted by molar-refractivity contribution is 7.98. The van der Waals surface area contributed by atoms with Gasteiger partial charge in [-0.25, -0.2) is 13.1 Å². The molecule has 0 amide bonds. The second kappa shape index (κ2) is 9.78. The van der Waals surface area contributed by atoms with Crippen LogP contribution in [0.2, 0.25) is 0 Å². The van der Waals surface area contributed by atoms with E-state index in [9.17, 15) is 8.42 Å². The summed E-state index contributed by atoms with van der Waals surface area (Å²) in [7, 11) is -3.32. The number of nitrogens with one attached hydrogen (secondary N) is 2. The van der Waals surface area contributed by atoms with Crippen molar-refractivity contribution in [3.63, 3.8) is 0 Å². The molecule has 1 aromatic rings. The summed E-state index contributed by atoms with van der Waals surface area (Å²) in [5.41, 5.74) is 1.03. The molecule has 0 fully saturated rings. The summed E-state index contributed by atoms with van der Waals surface area (Å²) in [6, 6.07) is 1.76. The lowest BCUT2D eigenvalue weighted by atomic mass is 10.3. The maximum atomic E-state index is 12.1. The van der Waals surface area contributed by atoms with E-state index in [1.165, 1.54) is 11.3 Å². The molecule has 0 spiro atoms. The molecule has 0 aromatic carbocycles. The van der Waals surface area contributed by atoms with E-state index in [4.69, 9.17) is 0 Å². The number of hydrogen-bond acceptors (Lipinski definition) is 5. The third-order valence-electron chi connectivity index (χ3n) is 2.72.